The van der Waals surface area contributed by atoms with Gasteiger partial charge < -0.3 is 29.0 Å². The lowest BCUT2D eigenvalue weighted by Crippen LogP contribution is -2.47. The van der Waals surface area contributed by atoms with Crippen LogP contribution >= 0.6 is 11.5 Å². The predicted molar refractivity (Wildman–Crippen MR) is 157 cm³/mol. The number of hydrogen-bond acceptors (Lipinski definition) is 14. The number of benzene rings is 1. The van der Waals surface area contributed by atoms with E-state index < -0.39 is 72.2 Å². The topological polar surface area (TPSA) is 182 Å². The number of aryl methyl sites for hydroxylation is 1. The number of aromatic nitrogens is 3. The van der Waals surface area contributed by atoms with Gasteiger partial charge in [0.05, 0.1) is 18.7 Å². The summed E-state index contributed by atoms with van der Waals surface area (Å²) in [6.45, 7) is 5.73. The fourth-order valence-corrected chi connectivity index (χ4v) is 4.92. The Morgan fingerprint density at radius 2 is 1.84 bits per heavy atom. The van der Waals surface area contributed by atoms with Gasteiger partial charge in [0.2, 0.25) is 5.75 Å². The van der Waals surface area contributed by atoms with Gasteiger partial charge >= 0.3 is 23.9 Å². The first-order valence-corrected chi connectivity index (χ1v) is 14.7. The van der Waals surface area contributed by atoms with E-state index in [1.165, 1.54) is 26.3 Å². The third-order valence-electron chi connectivity index (χ3n) is 6.80. The minimum absolute atomic E-state index is 0.00860. The van der Waals surface area contributed by atoms with E-state index in [-0.39, 0.29) is 22.8 Å². The largest absolute Gasteiger partial charge is 0.493 e. The van der Waals surface area contributed by atoms with Crippen LogP contribution in [0.2, 0.25) is 0 Å². The zero-order valence-corrected chi connectivity index (χ0v) is 26.0. The summed E-state index contributed by atoms with van der Waals surface area (Å²) >= 11 is 0.807. The maximum atomic E-state index is 13.5. The fraction of sp³-hybridized carbons (Fsp3) is 0.400. The van der Waals surface area contributed by atoms with E-state index in [0.29, 0.717) is 5.69 Å². The molecule has 1 amide bonds. The molecule has 4 rings (SSSR count). The third-order valence-corrected chi connectivity index (χ3v) is 7.61. The molecule has 1 fully saturated rings. The molecule has 1 saturated heterocycles. The number of pyridine rings is 1. The zero-order valence-electron chi connectivity index (χ0n) is 25.2. The van der Waals surface area contributed by atoms with Crippen LogP contribution in [0.4, 0.5) is 0 Å². The highest BCUT2D eigenvalue weighted by Crippen LogP contribution is 2.31. The Labute approximate surface area is 262 Å². The monoisotopic (exact) mass is 640 g/mol. The van der Waals surface area contributed by atoms with Gasteiger partial charge in [0.15, 0.2) is 28.5 Å². The van der Waals surface area contributed by atoms with Gasteiger partial charge in [-0.25, -0.2) is 14.6 Å². The smallest absolute Gasteiger partial charge is 0.357 e. The highest BCUT2D eigenvalue weighted by atomic mass is 32.1. The number of nitrogens with zero attached hydrogens (tertiary/aromatic N) is 3. The number of hydrogen-bond donors (Lipinski definition) is 1. The molecule has 0 radical (unpaired) electrons. The molecule has 45 heavy (non-hydrogen) atoms. The number of carbonyl (C=O) groups is 5. The molecule has 238 valence electrons. The zero-order chi connectivity index (χ0) is 32.7. The normalized spacial score (nSPS) is 20.1. The predicted octanol–water partition coefficient (Wildman–Crippen LogP) is 2.48. The molecule has 14 nitrogen and oxygen atoms in total. The van der Waals surface area contributed by atoms with Crippen molar-refractivity contribution in [2.45, 2.75) is 52.4 Å². The van der Waals surface area contributed by atoms with E-state index in [4.69, 9.17) is 23.7 Å². The van der Waals surface area contributed by atoms with Gasteiger partial charge in [-0.05, 0) is 37.4 Å². The van der Waals surface area contributed by atoms with Crippen molar-refractivity contribution >= 4 is 41.3 Å². The lowest BCUT2D eigenvalue weighted by Gasteiger charge is -2.29. The molecule has 0 saturated carbocycles. The summed E-state index contributed by atoms with van der Waals surface area (Å²) in [6.07, 6.45) is -0.898. The van der Waals surface area contributed by atoms with Gasteiger partial charge in [-0.15, -0.1) is 5.10 Å². The highest BCUT2D eigenvalue weighted by Gasteiger charge is 2.42. The second-order valence-corrected chi connectivity index (χ2v) is 11.2. The first-order valence-electron chi connectivity index (χ1n) is 14.0. The third kappa shape index (κ3) is 7.98. The molecule has 3 aromatic rings. The van der Waals surface area contributed by atoms with E-state index in [0.717, 1.165) is 17.1 Å². The van der Waals surface area contributed by atoms with Gasteiger partial charge in [-0.3, -0.25) is 14.4 Å². The maximum Gasteiger partial charge on any atom is 0.357 e. The fourth-order valence-electron chi connectivity index (χ4n) is 4.39. The molecule has 0 bridgehead atoms. The minimum Gasteiger partial charge on any atom is -0.493 e. The summed E-state index contributed by atoms with van der Waals surface area (Å²) in [5.41, 5.74) is 0.699. The van der Waals surface area contributed by atoms with E-state index in [9.17, 15) is 24.0 Å². The van der Waals surface area contributed by atoms with Crippen LogP contribution in [0.5, 0.6) is 11.5 Å². The lowest BCUT2D eigenvalue weighted by atomic mass is 9.91. The van der Waals surface area contributed by atoms with Crippen molar-refractivity contribution in [1.82, 2.24) is 19.9 Å². The van der Waals surface area contributed by atoms with Crippen molar-refractivity contribution in [2.75, 3.05) is 13.7 Å². The van der Waals surface area contributed by atoms with Crippen molar-refractivity contribution in [1.29, 1.82) is 0 Å². The van der Waals surface area contributed by atoms with Gasteiger partial charge in [0.25, 0.3) is 5.91 Å². The molecule has 0 aliphatic carbocycles. The molecule has 15 heteroatoms. The van der Waals surface area contributed by atoms with Crippen LogP contribution in [0.15, 0.2) is 42.6 Å². The number of rotatable bonds is 9. The molecule has 3 heterocycles. The van der Waals surface area contributed by atoms with E-state index in [2.05, 4.69) is 19.9 Å². The van der Waals surface area contributed by atoms with Crippen LogP contribution in [0, 0.1) is 18.8 Å². The van der Waals surface area contributed by atoms with Gasteiger partial charge in [0, 0.05) is 12.3 Å². The Morgan fingerprint density at radius 3 is 2.49 bits per heavy atom. The Bertz CT molecular complexity index is 1560. The van der Waals surface area contributed by atoms with Crippen molar-refractivity contribution in [3.63, 3.8) is 0 Å². The van der Waals surface area contributed by atoms with Crippen LogP contribution in [0.1, 0.15) is 52.2 Å². The number of ether oxygens (including phenoxy) is 5. The maximum absolute atomic E-state index is 13.5. The molecule has 4 unspecified atom stereocenters. The molecular formula is C30H32N4O10S. The van der Waals surface area contributed by atoms with E-state index in [1.807, 2.05) is 6.07 Å². The van der Waals surface area contributed by atoms with Crippen molar-refractivity contribution in [3.05, 3.63) is 64.4 Å². The Hall–Kier alpha value is -4.92. The first kappa shape index (κ1) is 33.0. The molecule has 4 atom stereocenters. The highest BCUT2D eigenvalue weighted by molar-refractivity contribution is 7.07. The molecular weight excluding hydrogens is 608 g/mol. The number of esters is 4. The summed E-state index contributed by atoms with van der Waals surface area (Å²) in [7, 11) is 1.30. The second kappa shape index (κ2) is 14.7. The van der Waals surface area contributed by atoms with Crippen molar-refractivity contribution < 1.29 is 47.7 Å². The molecule has 1 aliphatic heterocycles. The minimum atomic E-state index is -1.50. The van der Waals surface area contributed by atoms with Crippen LogP contribution in [0.3, 0.4) is 0 Å². The standard InChI is InChI=1S/C30H32N4O10S/c1-15(2)27(36)43-23-17(4)42-29(38)20(14-41-28(37)19(23)13-18-9-7-6-8-10-18)32-26(35)22-24(21(40-5)11-12-31-22)44-30(39)25-16(3)33-34-45-25/h6-12,15,17,19-20,23H,13-14H2,1-5H3,(H,32,35). The number of carbonyl (C=O) groups excluding carboxylic acids is 5. The van der Waals surface area contributed by atoms with Crippen LogP contribution in [-0.4, -0.2) is 76.3 Å². The SMILES string of the molecule is COc1ccnc(C(=O)NC2COC(=O)C(Cc3ccccc3)C(OC(=O)C(C)C)C(C)OC2=O)c1OC(=O)c1snnc1C. The number of amides is 1. The van der Waals surface area contributed by atoms with Crippen molar-refractivity contribution in [2.24, 2.45) is 11.8 Å². The number of methoxy groups -OCH3 is 1. The number of nitrogens with one attached hydrogen (secondary N) is 1. The van der Waals surface area contributed by atoms with E-state index >= 15 is 0 Å². The Balaban J connectivity index is 1.60. The average molecular weight is 641 g/mol. The van der Waals surface area contributed by atoms with E-state index in [1.54, 1.807) is 45.0 Å². The quantitative estimate of drug-likeness (QED) is 0.266. The summed E-state index contributed by atoms with van der Waals surface area (Å²) in [6, 6.07) is 8.91. The van der Waals surface area contributed by atoms with Gasteiger partial charge in [0.1, 0.15) is 18.6 Å². The summed E-state index contributed by atoms with van der Waals surface area (Å²) in [5, 5.41) is 6.22. The molecule has 1 aliphatic rings. The second-order valence-electron chi connectivity index (χ2n) is 10.4. The Kier molecular flexibility index (Phi) is 10.8. The number of cyclic esters (lactones) is 2. The summed E-state index contributed by atoms with van der Waals surface area (Å²) in [4.78, 5) is 69.8. The molecule has 1 N–H and O–H groups in total. The lowest BCUT2D eigenvalue weighted by molar-refractivity contribution is -0.176. The summed E-state index contributed by atoms with van der Waals surface area (Å²) in [5.74, 6) is -5.96. The van der Waals surface area contributed by atoms with Crippen LogP contribution < -0.4 is 14.8 Å². The van der Waals surface area contributed by atoms with Gasteiger partial charge in [-0.2, -0.15) is 0 Å². The molecule has 0 spiro atoms. The summed E-state index contributed by atoms with van der Waals surface area (Å²) < 4.78 is 31.2. The van der Waals surface area contributed by atoms with Crippen LogP contribution in [0.25, 0.3) is 0 Å². The van der Waals surface area contributed by atoms with Gasteiger partial charge in [-0.1, -0.05) is 48.7 Å². The first-order chi connectivity index (χ1) is 21.5. The Morgan fingerprint density at radius 1 is 1.11 bits per heavy atom. The average Bonchev–Trinajstić information content (AvgIpc) is 3.47. The molecule has 1 aromatic carbocycles. The van der Waals surface area contributed by atoms with Crippen molar-refractivity contribution in [3.8, 4) is 11.5 Å². The van der Waals surface area contributed by atoms with Crippen LogP contribution in [-0.2, 0) is 35.0 Å². The molecule has 2 aromatic heterocycles.